The van der Waals surface area contributed by atoms with Crippen LogP contribution in [-0.2, 0) is 18.4 Å². The number of aryl methyl sites for hydroxylation is 1. The van der Waals surface area contributed by atoms with Crippen molar-refractivity contribution in [3.8, 4) is 0 Å². The zero-order valence-corrected chi connectivity index (χ0v) is 12.1. The van der Waals surface area contributed by atoms with Crippen LogP contribution in [0.3, 0.4) is 0 Å². The maximum absolute atomic E-state index is 11.7. The smallest absolute Gasteiger partial charge is 0.305 e. The Morgan fingerprint density at radius 2 is 2.10 bits per heavy atom. The van der Waals surface area contributed by atoms with E-state index in [-0.39, 0.29) is 24.9 Å². The predicted octanol–water partition coefficient (Wildman–Crippen LogP) is -2.75. The fraction of sp³-hybridized carbons (Fsp3) is 0.231. The van der Waals surface area contributed by atoms with Crippen LogP contribution in [0.4, 0.5) is 0 Å². The van der Waals surface area contributed by atoms with Gasteiger partial charge in [0.05, 0.1) is 11.9 Å². The summed E-state index contributed by atoms with van der Waals surface area (Å²) in [5.41, 5.74) is 4.14. The highest BCUT2D eigenvalue weighted by Crippen LogP contribution is 1.97. The van der Waals surface area contributed by atoms with Crippen LogP contribution in [0.25, 0.3) is 0 Å². The van der Waals surface area contributed by atoms with Gasteiger partial charge in [-0.25, -0.2) is 5.43 Å². The second-order valence-electron chi connectivity index (χ2n) is 4.18. The average molecular weight is 294 g/mol. The minimum atomic E-state index is -0.167. The number of hydrogen-bond donors (Lipinski definition) is 1. The third-order valence-corrected chi connectivity index (χ3v) is 2.57. The SMILES string of the molecule is C/C(=N/NC(=O)C[n+]1ccccc1)c1cnn(C)c1.[Cl-]. The number of amides is 1. The standard InChI is InChI=1S/C13H15N5O.ClH/c1-11(12-8-14-17(2)9-12)15-16-13(19)10-18-6-4-3-5-7-18;/h3-9H,10H2,1-2H3;1H/b15-11-;. The zero-order valence-electron chi connectivity index (χ0n) is 11.3. The Kier molecular flexibility index (Phi) is 5.86. The molecule has 106 valence electrons. The molecule has 0 saturated carbocycles. The summed E-state index contributed by atoms with van der Waals surface area (Å²) in [4.78, 5) is 11.7. The number of halogens is 1. The molecule has 1 N–H and O–H groups in total. The molecule has 0 fully saturated rings. The molecule has 0 saturated heterocycles. The van der Waals surface area contributed by atoms with Gasteiger partial charge in [-0.05, 0) is 6.92 Å². The van der Waals surface area contributed by atoms with Gasteiger partial charge in [0.15, 0.2) is 12.4 Å². The monoisotopic (exact) mass is 293 g/mol. The van der Waals surface area contributed by atoms with Crippen molar-refractivity contribution in [1.82, 2.24) is 15.2 Å². The summed E-state index contributed by atoms with van der Waals surface area (Å²) in [7, 11) is 1.83. The van der Waals surface area contributed by atoms with Crippen molar-refractivity contribution in [3.05, 3.63) is 48.5 Å². The van der Waals surface area contributed by atoms with Gasteiger partial charge in [-0.2, -0.15) is 14.8 Å². The number of carbonyl (C=O) groups excluding carboxylic acids is 1. The number of hydrazone groups is 1. The summed E-state index contributed by atoms with van der Waals surface area (Å²) in [5.74, 6) is -0.167. The van der Waals surface area contributed by atoms with Crippen LogP contribution < -0.4 is 22.4 Å². The maximum atomic E-state index is 11.7. The third-order valence-electron chi connectivity index (χ3n) is 2.57. The van der Waals surface area contributed by atoms with Crippen LogP contribution in [-0.4, -0.2) is 21.4 Å². The molecule has 0 bridgehead atoms. The molecule has 7 heteroatoms. The van der Waals surface area contributed by atoms with E-state index in [1.165, 1.54) is 0 Å². The van der Waals surface area contributed by atoms with Crippen LogP contribution in [0.15, 0.2) is 48.1 Å². The number of nitrogens with one attached hydrogen (secondary N) is 1. The van der Waals surface area contributed by atoms with Crippen LogP contribution in [0.1, 0.15) is 12.5 Å². The molecular weight excluding hydrogens is 278 g/mol. The van der Waals surface area contributed by atoms with Gasteiger partial charge in [-0.15, -0.1) is 0 Å². The Labute approximate surface area is 123 Å². The van der Waals surface area contributed by atoms with Gasteiger partial charge in [0.25, 0.3) is 0 Å². The summed E-state index contributed by atoms with van der Waals surface area (Å²) in [6.07, 6.45) is 7.21. The first-order chi connectivity index (χ1) is 9.15. The lowest BCUT2D eigenvalue weighted by Crippen LogP contribution is -3.00. The van der Waals surface area contributed by atoms with E-state index < -0.39 is 0 Å². The molecule has 2 heterocycles. The first-order valence-corrected chi connectivity index (χ1v) is 5.91. The lowest BCUT2D eigenvalue weighted by atomic mass is 10.2. The lowest BCUT2D eigenvalue weighted by molar-refractivity contribution is -0.684. The molecule has 0 spiro atoms. The quantitative estimate of drug-likeness (QED) is 0.377. The van der Waals surface area contributed by atoms with E-state index in [0.29, 0.717) is 0 Å². The van der Waals surface area contributed by atoms with E-state index in [9.17, 15) is 4.79 Å². The van der Waals surface area contributed by atoms with E-state index in [4.69, 9.17) is 0 Å². The number of aromatic nitrogens is 3. The molecule has 0 aliphatic carbocycles. The molecule has 0 aliphatic heterocycles. The molecule has 2 aromatic rings. The van der Waals surface area contributed by atoms with Crippen molar-refractivity contribution in [3.63, 3.8) is 0 Å². The number of nitrogens with zero attached hydrogens (tertiary/aromatic N) is 4. The van der Waals surface area contributed by atoms with Crippen LogP contribution in [0.2, 0.25) is 0 Å². The molecule has 1 amide bonds. The molecular formula is C13H16ClN5O. The highest BCUT2D eigenvalue weighted by molar-refractivity contribution is 5.98. The molecule has 0 aliphatic rings. The summed E-state index contributed by atoms with van der Waals surface area (Å²) in [6.45, 7) is 2.07. The van der Waals surface area contributed by atoms with Crippen molar-refractivity contribution in [2.45, 2.75) is 13.5 Å². The number of carbonyl (C=O) groups is 1. The van der Waals surface area contributed by atoms with Crippen molar-refractivity contribution in [2.24, 2.45) is 12.1 Å². The van der Waals surface area contributed by atoms with Crippen LogP contribution in [0.5, 0.6) is 0 Å². The lowest BCUT2D eigenvalue weighted by Gasteiger charge is -1.98. The molecule has 2 aromatic heterocycles. The van der Waals surface area contributed by atoms with E-state index in [1.807, 2.05) is 50.8 Å². The Morgan fingerprint density at radius 3 is 2.70 bits per heavy atom. The van der Waals surface area contributed by atoms with Gasteiger partial charge >= 0.3 is 5.91 Å². The van der Waals surface area contributed by atoms with E-state index in [2.05, 4.69) is 15.6 Å². The van der Waals surface area contributed by atoms with Crippen molar-refractivity contribution in [2.75, 3.05) is 0 Å². The molecule has 0 aromatic carbocycles. The maximum Gasteiger partial charge on any atom is 0.305 e. The summed E-state index contributed by atoms with van der Waals surface area (Å²) >= 11 is 0. The summed E-state index contributed by atoms with van der Waals surface area (Å²) in [6, 6.07) is 5.65. The summed E-state index contributed by atoms with van der Waals surface area (Å²) in [5, 5.41) is 8.11. The Hall–Kier alpha value is -2.21. The Morgan fingerprint density at radius 1 is 1.40 bits per heavy atom. The first-order valence-electron chi connectivity index (χ1n) is 5.91. The predicted molar refractivity (Wildman–Crippen MR) is 70.2 cm³/mol. The van der Waals surface area contributed by atoms with E-state index in [0.717, 1.165) is 11.3 Å². The number of rotatable bonds is 4. The van der Waals surface area contributed by atoms with Crippen LogP contribution in [0, 0.1) is 0 Å². The minimum Gasteiger partial charge on any atom is -1.00 e. The van der Waals surface area contributed by atoms with Gasteiger partial charge < -0.3 is 12.4 Å². The van der Waals surface area contributed by atoms with Crippen molar-refractivity contribution < 1.29 is 21.8 Å². The van der Waals surface area contributed by atoms with Crippen LogP contribution >= 0.6 is 0 Å². The fourth-order valence-electron chi connectivity index (χ4n) is 1.56. The molecule has 0 atom stereocenters. The van der Waals surface area contributed by atoms with Gasteiger partial charge in [0, 0.05) is 30.9 Å². The topological polar surface area (TPSA) is 63.2 Å². The number of hydrogen-bond acceptors (Lipinski definition) is 3. The van der Waals surface area contributed by atoms with E-state index in [1.54, 1.807) is 15.4 Å². The third kappa shape index (κ3) is 4.47. The highest BCUT2D eigenvalue weighted by atomic mass is 35.5. The van der Waals surface area contributed by atoms with Crippen molar-refractivity contribution in [1.29, 1.82) is 0 Å². The normalized spacial score (nSPS) is 10.8. The van der Waals surface area contributed by atoms with E-state index >= 15 is 0 Å². The summed E-state index contributed by atoms with van der Waals surface area (Å²) < 4.78 is 3.47. The largest absolute Gasteiger partial charge is 1.00 e. The molecule has 20 heavy (non-hydrogen) atoms. The second kappa shape index (κ2) is 7.40. The van der Waals surface area contributed by atoms with Gasteiger partial charge in [-0.3, -0.25) is 9.48 Å². The fourth-order valence-corrected chi connectivity index (χ4v) is 1.56. The minimum absolute atomic E-state index is 0. The average Bonchev–Trinajstić information content (AvgIpc) is 2.84. The number of pyridine rings is 1. The highest BCUT2D eigenvalue weighted by Gasteiger charge is 2.07. The van der Waals surface area contributed by atoms with Gasteiger partial charge in [-0.1, -0.05) is 6.07 Å². The zero-order chi connectivity index (χ0) is 13.7. The molecule has 2 rings (SSSR count). The second-order valence-corrected chi connectivity index (χ2v) is 4.18. The van der Waals surface area contributed by atoms with Gasteiger partial charge in [0.2, 0.25) is 6.54 Å². The Balaban J connectivity index is 0.00000200. The van der Waals surface area contributed by atoms with Crippen molar-refractivity contribution >= 4 is 11.6 Å². The molecule has 6 nitrogen and oxygen atoms in total. The Bertz CT molecular complexity index is 594. The molecule has 0 unspecified atom stereocenters. The molecule has 0 radical (unpaired) electrons. The first kappa shape index (κ1) is 15.8. The van der Waals surface area contributed by atoms with Gasteiger partial charge in [0.1, 0.15) is 0 Å².